The second kappa shape index (κ2) is 4.32. The van der Waals surface area contributed by atoms with E-state index in [4.69, 9.17) is 0 Å². The van der Waals surface area contributed by atoms with Crippen LogP contribution in [0.25, 0.3) is 0 Å². The molecule has 1 aromatic carbocycles. The van der Waals surface area contributed by atoms with Crippen LogP contribution in [0.1, 0.15) is 5.56 Å². The molecular formula is C9H12LiP. The molecule has 0 nitrogen and oxygen atoms in total. The first kappa shape index (κ1) is 9.34. The van der Waals surface area contributed by atoms with Crippen LogP contribution in [0.3, 0.4) is 0 Å². The molecule has 1 rings (SSSR count). The van der Waals surface area contributed by atoms with E-state index in [2.05, 4.69) is 55.3 Å². The molecule has 0 saturated heterocycles. The minimum absolute atomic E-state index is 0.0778. The summed E-state index contributed by atoms with van der Waals surface area (Å²) < 4.78 is 0. The van der Waals surface area contributed by atoms with Crippen LogP contribution >= 0.6 is 7.92 Å². The molecule has 0 bridgehead atoms. The third kappa shape index (κ3) is 2.34. The molecule has 0 atom stereocenters. The van der Waals surface area contributed by atoms with Crippen LogP contribution in [0.15, 0.2) is 24.3 Å². The zero-order chi connectivity index (χ0) is 8.27. The van der Waals surface area contributed by atoms with Crippen LogP contribution in [0.5, 0.6) is 0 Å². The molecule has 0 aliphatic heterocycles. The zero-order valence-corrected chi connectivity index (χ0v) is 8.36. The van der Waals surface area contributed by atoms with Gasteiger partial charge in [-0.2, -0.15) is 0 Å². The van der Waals surface area contributed by atoms with Crippen LogP contribution < -0.4 is 5.30 Å². The summed E-state index contributed by atoms with van der Waals surface area (Å²) in [4.78, 5) is 0. The van der Waals surface area contributed by atoms with E-state index in [9.17, 15) is 0 Å². The van der Waals surface area contributed by atoms with Crippen molar-refractivity contribution in [2.75, 3.05) is 13.3 Å². The molecule has 0 N–H and O–H groups in total. The Morgan fingerprint density at radius 3 is 2.36 bits per heavy atom. The van der Waals surface area contributed by atoms with Crippen molar-refractivity contribution in [2.45, 2.75) is 5.09 Å². The first-order chi connectivity index (χ1) is 5.25. The van der Waals surface area contributed by atoms with E-state index < -0.39 is 0 Å². The molecule has 0 aliphatic rings. The van der Waals surface area contributed by atoms with Crippen molar-refractivity contribution in [3.63, 3.8) is 0 Å². The first-order valence-corrected chi connectivity index (χ1v) is 6.24. The summed E-state index contributed by atoms with van der Waals surface area (Å²) in [5, 5.41) is 2.72. The van der Waals surface area contributed by atoms with Gasteiger partial charge in [-0.15, -0.1) is 0 Å². The summed E-state index contributed by atoms with van der Waals surface area (Å²) in [5.74, 6) is 0. The number of benzene rings is 1. The summed E-state index contributed by atoms with van der Waals surface area (Å²) in [7, 11) is 0.0778. The monoisotopic (exact) mass is 158 g/mol. The van der Waals surface area contributed by atoms with E-state index in [1.165, 1.54) is 5.56 Å². The molecule has 1 aromatic rings. The zero-order valence-electron chi connectivity index (χ0n) is 7.46. The van der Waals surface area contributed by atoms with Crippen molar-refractivity contribution in [2.24, 2.45) is 0 Å². The fourth-order valence-electron chi connectivity index (χ4n) is 1.25. The van der Waals surface area contributed by atoms with Crippen molar-refractivity contribution in [3.05, 3.63) is 29.8 Å². The van der Waals surface area contributed by atoms with Gasteiger partial charge in [-0.05, 0) is 0 Å². The summed E-state index contributed by atoms with van der Waals surface area (Å²) in [5.41, 5.74) is 1.52. The second-order valence-electron chi connectivity index (χ2n) is 2.88. The fourth-order valence-corrected chi connectivity index (χ4v) is 2.44. The van der Waals surface area contributed by atoms with Crippen molar-refractivity contribution < 1.29 is 0 Å². The normalized spacial score (nSPS) is 10.6. The van der Waals surface area contributed by atoms with Gasteiger partial charge < -0.3 is 0 Å². The molecule has 0 heterocycles. The van der Waals surface area contributed by atoms with Gasteiger partial charge in [0.1, 0.15) is 0 Å². The second-order valence-corrected chi connectivity index (χ2v) is 5.15. The van der Waals surface area contributed by atoms with Gasteiger partial charge in [0, 0.05) is 0 Å². The first-order valence-electron chi connectivity index (χ1n) is 4.01. The number of hydrogen-bond acceptors (Lipinski definition) is 0. The van der Waals surface area contributed by atoms with Crippen LogP contribution in [-0.2, 0) is 5.09 Å². The van der Waals surface area contributed by atoms with Crippen molar-refractivity contribution in [1.29, 1.82) is 0 Å². The third-order valence-corrected chi connectivity index (χ3v) is 3.25. The van der Waals surface area contributed by atoms with E-state index in [0.29, 0.717) is 0 Å². The van der Waals surface area contributed by atoms with Crippen molar-refractivity contribution in [3.8, 4) is 0 Å². The molecule has 0 unspecified atom stereocenters. The van der Waals surface area contributed by atoms with Gasteiger partial charge in [0.2, 0.25) is 0 Å². The summed E-state index contributed by atoms with van der Waals surface area (Å²) in [6.45, 7) is 4.62. The molecule has 0 fully saturated rings. The molecule has 0 aromatic heterocycles. The molecule has 2 heteroatoms. The topological polar surface area (TPSA) is 0 Å². The summed E-state index contributed by atoms with van der Waals surface area (Å²) in [6, 6.07) is 8.75. The Morgan fingerprint density at radius 2 is 1.91 bits per heavy atom. The van der Waals surface area contributed by atoms with E-state index in [1.54, 1.807) is 5.30 Å². The SMILES string of the molecule is [Li][CH2]c1ccccc1P(C)C. The molecule has 54 valence electrons. The Bertz CT molecular complexity index is 233. The van der Waals surface area contributed by atoms with Crippen LogP contribution in [0.2, 0.25) is 0 Å². The van der Waals surface area contributed by atoms with Gasteiger partial charge in [0.25, 0.3) is 0 Å². The summed E-state index contributed by atoms with van der Waals surface area (Å²) in [6.07, 6.45) is 0. The standard InChI is InChI=1S/C9H12P.Li/c1-8-6-4-5-7-9(8)10(2)3;/h4-7H,1H2,2-3H3;. The van der Waals surface area contributed by atoms with Gasteiger partial charge >= 0.3 is 79.2 Å². The maximum absolute atomic E-state index is 2.31. The Kier molecular flexibility index (Phi) is 3.66. The number of hydrogen-bond donors (Lipinski definition) is 0. The third-order valence-electron chi connectivity index (χ3n) is 1.85. The molecule has 0 amide bonds. The van der Waals surface area contributed by atoms with Crippen molar-refractivity contribution in [1.82, 2.24) is 0 Å². The van der Waals surface area contributed by atoms with E-state index in [0.717, 1.165) is 5.09 Å². The van der Waals surface area contributed by atoms with E-state index in [-0.39, 0.29) is 7.92 Å². The Balaban J connectivity index is 3.02. The van der Waals surface area contributed by atoms with Gasteiger partial charge in [-0.1, -0.05) is 0 Å². The maximum atomic E-state index is 2.31. The van der Waals surface area contributed by atoms with Gasteiger partial charge in [-0.25, -0.2) is 0 Å². The molecule has 0 spiro atoms. The van der Waals surface area contributed by atoms with Crippen LogP contribution in [0.4, 0.5) is 0 Å². The van der Waals surface area contributed by atoms with Crippen LogP contribution in [0, 0.1) is 0 Å². The minimum atomic E-state index is 0.0778. The number of rotatable bonds is 2. The van der Waals surface area contributed by atoms with Gasteiger partial charge in [0.15, 0.2) is 0 Å². The predicted molar refractivity (Wildman–Crippen MR) is 54.3 cm³/mol. The summed E-state index contributed by atoms with van der Waals surface area (Å²) >= 11 is 2.22. The molecule has 11 heavy (non-hydrogen) atoms. The predicted octanol–water partition coefficient (Wildman–Crippen LogP) is 1.72. The molecule has 0 radical (unpaired) electrons. The van der Waals surface area contributed by atoms with Gasteiger partial charge in [0.05, 0.1) is 0 Å². The van der Waals surface area contributed by atoms with Gasteiger partial charge in [-0.3, -0.25) is 0 Å². The average molecular weight is 158 g/mol. The molecular weight excluding hydrogens is 146 g/mol. The van der Waals surface area contributed by atoms with Crippen LogP contribution in [-0.4, -0.2) is 31.0 Å². The quantitative estimate of drug-likeness (QED) is 0.454. The van der Waals surface area contributed by atoms with E-state index in [1.807, 2.05) is 0 Å². The molecule has 0 aliphatic carbocycles. The Labute approximate surface area is 79.3 Å². The van der Waals surface area contributed by atoms with Crippen molar-refractivity contribution >= 4 is 30.9 Å². The average Bonchev–Trinajstić information content (AvgIpc) is 2.04. The Morgan fingerprint density at radius 1 is 1.27 bits per heavy atom. The fraction of sp³-hybridized carbons (Fsp3) is 0.333. The van der Waals surface area contributed by atoms with E-state index >= 15 is 0 Å². The Hall–Kier alpha value is 0.247. The molecule has 0 saturated carbocycles.